The minimum Gasteiger partial charge on any atom is -0.465 e. The molecule has 116 valence electrons. The lowest BCUT2D eigenvalue weighted by molar-refractivity contribution is 0.0601. The van der Waals surface area contributed by atoms with Crippen LogP contribution in [0.2, 0.25) is 0 Å². The van der Waals surface area contributed by atoms with Crippen molar-refractivity contribution < 1.29 is 17.9 Å². The third-order valence-electron chi connectivity index (χ3n) is 3.14. The number of hydrogen-bond acceptors (Lipinski definition) is 5. The second-order valence-corrected chi connectivity index (χ2v) is 5.35. The highest BCUT2D eigenvalue weighted by Crippen LogP contribution is 2.28. The molecule has 0 saturated heterocycles. The Morgan fingerprint density at radius 1 is 1.23 bits per heavy atom. The standard InChI is InChI=1S/C15H16N2O4S/c1-21-15(18)11-8-13(16)12(14(9-11)17-22(19)20)7-10-5-3-2-4-6-10/h2-6,8-9,22H,7,16H2,1H3,(H,17,19,20). The molecule has 3 N–H and O–H groups in total. The van der Waals surface area contributed by atoms with Crippen LogP contribution in [-0.2, 0) is 22.0 Å². The second kappa shape index (κ2) is 6.95. The maximum atomic E-state index is 11.6. The number of ether oxygens (including phenoxy) is 1. The molecular weight excluding hydrogens is 304 g/mol. The summed E-state index contributed by atoms with van der Waals surface area (Å²) in [6, 6.07) is 12.4. The first-order chi connectivity index (χ1) is 10.5. The Labute approximate surface area is 130 Å². The van der Waals surface area contributed by atoms with E-state index in [0.29, 0.717) is 17.7 Å². The summed E-state index contributed by atoms with van der Waals surface area (Å²) in [6.45, 7) is 0. The predicted molar refractivity (Wildman–Crippen MR) is 85.4 cm³/mol. The van der Waals surface area contributed by atoms with Gasteiger partial charge in [0.05, 0.1) is 18.4 Å². The van der Waals surface area contributed by atoms with Crippen LogP contribution in [0, 0.1) is 0 Å². The molecule has 0 amide bonds. The van der Waals surface area contributed by atoms with Gasteiger partial charge in [0.1, 0.15) is 0 Å². The fourth-order valence-corrected chi connectivity index (χ4v) is 2.52. The van der Waals surface area contributed by atoms with Crippen LogP contribution < -0.4 is 10.5 Å². The fourth-order valence-electron chi connectivity index (χ4n) is 2.13. The number of nitrogens with one attached hydrogen (secondary N) is 1. The SMILES string of the molecule is COC(=O)c1cc(N)c(Cc2ccccc2)c(N[SH](=O)=O)c1. The molecular formula is C15H16N2O4S. The van der Waals surface area contributed by atoms with Crippen molar-refractivity contribution in [3.8, 4) is 0 Å². The van der Waals surface area contributed by atoms with E-state index in [1.54, 1.807) is 0 Å². The number of esters is 1. The van der Waals surface area contributed by atoms with Crippen molar-refractivity contribution in [3.63, 3.8) is 0 Å². The molecule has 2 aromatic carbocycles. The summed E-state index contributed by atoms with van der Waals surface area (Å²) in [4.78, 5) is 11.6. The van der Waals surface area contributed by atoms with Crippen molar-refractivity contribution in [1.29, 1.82) is 0 Å². The number of carbonyl (C=O) groups is 1. The molecule has 0 saturated carbocycles. The summed E-state index contributed by atoms with van der Waals surface area (Å²) in [5.74, 6) is -0.581. The molecule has 6 nitrogen and oxygen atoms in total. The molecule has 2 aromatic rings. The zero-order valence-corrected chi connectivity index (χ0v) is 12.8. The Morgan fingerprint density at radius 2 is 1.91 bits per heavy atom. The van der Waals surface area contributed by atoms with E-state index in [-0.39, 0.29) is 11.3 Å². The van der Waals surface area contributed by atoms with Crippen LogP contribution in [0.1, 0.15) is 21.5 Å². The van der Waals surface area contributed by atoms with E-state index >= 15 is 0 Å². The van der Waals surface area contributed by atoms with Crippen LogP contribution in [0.5, 0.6) is 0 Å². The van der Waals surface area contributed by atoms with Crippen molar-refractivity contribution in [3.05, 3.63) is 59.2 Å². The molecule has 0 atom stereocenters. The van der Waals surface area contributed by atoms with Gasteiger partial charge in [0.25, 0.3) is 0 Å². The van der Waals surface area contributed by atoms with E-state index in [0.717, 1.165) is 5.56 Å². The summed E-state index contributed by atoms with van der Waals surface area (Å²) in [5, 5.41) is 0. The monoisotopic (exact) mass is 320 g/mol. The highest BCUT2D eigenvalue weighted by molar-refractivity contribution is 7.73. The number of benzene rings is 2. The first-order valence-corrected chi connectivity index (χ1v) is 7.64. The van der Waals surface area contributed by atoms with Crippen LogP contribution >= 0.6 is 0 Å². The van der Waals surface area contributed by atoms with E-state index in [2.05, 4.69) is 9.46 Å². The summed E-state index contributed by atoms with van der Waals surface area (Å²) in [6.07, 6.45) is 0.444. The van der Waals surface area contributed by atoms with Crippen molar-refractivity contribution in [2.45, 2.75) is 6.42 Å². The van der Waals surface area contributed by atoms with Gasteiger partial charge in [0.2, 0.25) is 10.9 Å². The molecule has 0 aliphatic heterocycles. The minimum atomic E-state index is -2.87. The van der Waals surface area contributed by atoms with E-state index in [4.69, 9.17) is 5.73 Å². The number of methoxy groups -OCH3 is 1. The highest BCUT2D eigenvalue weighted by atomic mass is 32.2. The first-order valence-electron chi connectivity index (χ1n) is 6.47. The van der Waals surface area contributed by atoms with E-state index in [1.807, 2.05) is 30.3 Å². The Kier molecular flexibility index (Phi) is 5.00. The summed E-state index contributed by atoms with van der Waals surface area (Å²) in [5.41, 5.74) is 8.37. The molecule has 0 aliphatic rings. The molecule has 0 unspecified atom stereocenters. The Morgan fingerprint density at radius 3 is 2.50 bits per heavy atom. The average molecular weight is 320 g/mol. The van der Waals surface area contributed by atoms with Crippen LogP contribution in [-0.4, -0.2) is 21.5 Å². The molecule has 0 spiro atoms. The normalized spacial score (nSPS) is 10.5. The van der Waals surface area contributed by atoms with Crippen molar-refractivity contribution in [2.75, 3.05) is 17.6 Å². The van der Waals surface area contributed by atoms with E-state index in [9.17, 15) is 13.2 Å². The summed E-state index contributed by atoms with van der Waals surface area (Å²) >= 11 is 0. The minimum absolute atomic E-state index is 0.191. The molecule has 7 heteroatoms. The summed E-state index contributed by atoms with van der Waals surface area (Å²) in [7, 11) is -1.63. The van der Waals surface area contributed by atoms with Crippen LogP contribution in [0.4, 0.5) is 11.4 Å². The Balaban J connectivity index is 2.48. The maximum Gasteiger partial charge on any atom is 0.337 e. The van der Waals surface area contributed by atoms with Gasteiger partial charge in [0.15, 0.2) is 0 Å². The smallest absolute Gasteiger partial charge is 0.337 e. The van der Waals surface area contributed by atoms with Gasteiger partial charge in [0, 0.05) is 17.7 Å². The largest absolute Gasteiger partial charge is 0.465 e. The van der Waals surface area contributed by atoms with Crippen LogP contribution in [0.3, 0.4) is 0 Å². The Bertz CT molecular complexity index is 750. The zero-order valence-electron chi connectivity index (χ0n) is 11.9. The van der Waals surface area contributed by atoms with Crippen molar-refractivity contribution in [2.24, 2.45) is 0 Å². The number of thiol groups is 1. The van der Waals surface area contributed by atoms with Gasteiger partial charge in [-0.25, -0.2) is 13.2 Å². The molecule has 0 aromatic heterocycles. The second-order valence-electron chi connectivity index (χ2n) is 4.61. The lowest BCUT2D eigenvalue weighted by atomic mass is 9.99. The topological polar surface area (TPSA) is 98.5 Å². The lowest BCUT2D eigenvalue weighted by Crippen LogP contribution is -2.09. The van der Waals surface area contributed by atoms with Gasteiger partial charge in [-0.3, -0.25) is 4.72 Å². The highest BCUT2D eigenvalue weighted by Gasteiger charge is 2.14. The molecule has 0 fully saturated rings. The van der Waals surface area contributed by atoms with Gasteiger partial charge >= 0.3 is 5.97 Å². The molecule has 22 heavy (non-hydrogen) atoms. The molecule has 2 rings (SSSR count). The third kappa shape index (κ3) is 3.76. The van der Waals surface area contributed by atoms with Gasteiger partial charge < -0.3 is 10.5 Å². The first kappa shape index (κ1) is 15.8. The number of hydrogen-bond donors (Lipinski definition) is 3. The summed E-state index contributed by atoms with van der Waals surface area (Å²) < 4.78 is 29.0. The molecule has 0 aliphatic carbocycles. The van der Waals surface area contributed by atoms with E-state index < -0.39 is 16.9 Å². The third-order valence-corrected chi connectivity index (χ3v) is 3.56. The Hall–Kier alpha value is -2.54. The predicted octanol–water partition coefficient (Wildman–Crippen LogP) is 1.58. The van der Waals surface area contributed by atoms with Gasteiger partial charge in [-0.05, 0) is 17.7 Å². The molecule has 0 radical (unpaired) electrons. The zero-order chi connectivity index (χ0) is 16.1. The lowest BCUT2D eigenvalue weighted by Gasteiger charge is -2.13. The quantitative estimate of drug-likeness (QED) is 0.441. The number of rotatable bonds is 5. The van der Waals surface area contributed by atoms with Crippen LogP contribution in [0.25, 0.3) is 0 Å². The maximum absolute atomic E-state index is 11.6. The van der Waals surface area contributed by atoms with E-state index in [1.165, 1.54) is 19.2 Å². The number of anilines is 2. The molecule has 0 bridgehead atoms. The number of carbonyl (C=O) groups excluding carboxylic acids is 1. The van der Waals surface area contributed by atoms with Crippen molar-refractivity contribution >= 4 is 28.2 Å². The molecule has 0 heterocycles. The number of nitrogen functional groups attached to an aromatic ring is 1. The van der Waals surface area contributed by atoms with Gasteiger partial charge in [-0.2, -0.15) is 0 Å². The fraction of sp³-hybridized carbons (Fsp3) is 0.133. The van der Waals surface area contributed by atoms with Crippen molar-refractivity contribution in [1.82, 2.24) is 0 Å². The van der Waals surface area contributed by atoms with Gasteiger partial charge in [-0.1, -0.05) is 30.3 Å². The average Bonchev–Trinajstić information content (AvgIpc) is 2.50. The number of nitrogens with two attached hydrogens (primary N) is 1. The van der Waals surface area contributed by atoms with Crippen LogP contribution in [0.15, 0.2) is 42.5 Å². The van der Waals surface area contributed by atoms with Gasteiger partial charge in [-0.15, -0.1) is 0 Å².